The van der Waals surface area contributed by atoms with E-state index in [9.17, 15) is 9.59 Å². The number of nitrogens with zero attached hydrogens (tertiary/aromatic N) is 1. The van der Waals surface area contributed by atoms with Gasteiger partial charge in [0.1, 0.15) is 6.04 Å². The van der Waals surface area contributed by atoms with Crippen LogP contribution in [-0.4, -0.2) is 42.4 Å². The first-order chi connectivity index (χ1) is 7.99. The lowest BCUT2D eigenvalue weighted by Crippen LogP contribution is -2.48. The second kappa shape index (κ2) is 6.59. The molecule has 1 saturated heterocycles. The van der Waals surface area contributed by atoms with Crippen molar-refractivity contribution in [3.05, 3.63) is 0 Å². The minimum absolute atomic E-state index is 0.101. The minimum Gasteiger partial charge on any atom is -0.368 e. The maximum Gasteiger partial charge on any atom is 0.240 e. The van der Waals surface area contributed by atoms with Crippen LogP contribution in [0.5, 0.6) is 0 Å². The van der Waals surface area contributed by atoms with Gasteiger partial charge in [-0.3, -0.25) is 14.5 Å². The van der Waals surface area contributed by atoms with Crippen molar-refractivity contribution in [3.63, 3.8) is 0 Å². The molecule has 1 aliphatic heterocycles. The van der Waals surface area contributed by atoms with Crippen molar-refractivity contribution in [3.8, 4) is 0 Å². The number of hydrogen-bond acceptors (Lipinski definition) is 3. The molecule has 5 heteroatoms. The second-order valence-electron chi connectivity index (χ2n) is 5.14. The van der Waals surface area contributed by atoms with Gasteiger partial charge in [0.05, 0.1) is 6.54 Å². The SMILES string of the molecule is CC(C)C[C@H](NC(=O)CN1CCCC1)C(N)=O. The Labute approximate surface area is 103 Å². The van der Waals surface area contributed by atoms with Crippen LogP contribution in [0.4, 0.5) is 0 Å². The molecule has 0 saturated carbocycles. The van der Waals surface area contributed by atoms with Crippen molar-refractivity contribution in [2.24, 2.45) is 11.7 Å². The summed E-state index contributed by atoms with van der Waals surface area (Å²) in [5.74, 6) is -0.218. The highest BCUT2D eigenvalue weighted by molar-refractivity contribution is 5.87. The number of carbonyl (C=O) groups excluding carboxylic acids is 2. The van der Waals surface area contributed by atoms with E-state index in [1.54, 1.807) is 0 Å². The van der Waals surface area contributed by atoms with Crippen LogP contribution in [0.25, 0.3) is 0 Å². The zero-order valence-corrected chi connectivity index (χ0v) is 10.7. The standard InChI is InChI=1S/C12H23N3O2/c1-9(2)7-10(12(13)17)14-11(16)8-15-5-3-4-6-15/h9-10H,3-8H2,1-2H3,(H2,13,17)(H,14,16)/t10-/m0/s1. The summed E-state index contributed by atoms with van der Waals surface area (Å²) in [6.45, 7) is 6.32. The predicted octanol–water partition coefficient (Wildman–Crippen LogP) is 0.0984. The van der Waals surface area contributed by atoms with Crippen molar-refractivity contribution >= 4 is 11.8 Å². The van der Waals surface area contributed by atoms with E-state index >= 15 is 0 Å². The van der Waals surface area contributed by atoms with E-state index < -0.39 is 11.9 Å². The van der Waals surface area contributed by atoms with Crippen LogP contribution in [0.15, 0.2) is 0 Å². The quantitative estimate of drug-likeness (QED) is 0.692. The molecule has 0 unspecified atom stereocenters. The number of likely N-dealkylation sites (tertiary alicyclic amines) is 1. The number of amides is 2. The Bertz CT molecular complexity index is 273. The van der Waals surface area contributed by atoms with Crippen LogP contribution in [0.2, 0.25) is 0 Å². The molecule has 2 amide bonds. The average molecular weight is 241 g/mol. The normalized spacial score (nSPS) is 18.3. The Kier molecular flexibility index (Phi) is 5.41. The van der Waals surface area contributed by atoms with Gasteiger partial charge in [-0.05, 0) is 38.3 Å². The number of nitrogens with one attached hydrogen (secondary N) is 1. The van der Waals surface area contributed by atoms with E-state index in [1.165, 1.54) is 0 Å². The molecule has 98 valence electrons. The summed E-state index contributed by atoms with van der Waals surface area (Å²) < 4.78 is 0. The Morgan fingerprint density at radius 3 is 2.35 bits per heavy atom. The lowest BCUT2D eigenvalue weighted by atomic mass is 10.0. The summed E-state index contributed by atoms with van der Waals surface area (Å²) in [5, 5.41) is 2.72. The highest BCUT2D eigenvalue weighted by atomic mass is 16.2. The molecule has 0 aliphatic carbocycles. The molecule has 0 radical (unpaired) electrons. The van der Waals surface area contributed by atoms with Crippen molar-refractivity contribution in [1.82, 2.24) is 10.2 Å². The summed E-state index contributed by atoms with van der Waals surface area (Å²) in [4.78, 5) is 25.0. The zero-order chi connectivity index (χ0) is 12.8. The monoisotopic (exact) mass is 241 g/mol. The van der Waals surface area contributed by atoms with Crippen molar-refractivity contribution in [2.45, 2.75) is 39.2 Å². The average Bonchev–Trinajstić information content (AvgIpc) is 2.68. The molecule has 5 nitrogen and oxygen atoms in total. The van der Waals surface area contributed by atoms with Crippen molar-refractivity contribution in [1.29, 1.82) is 0 Å². The molecule has 0 spiro atoms. The molecule has 0 aromatic heterocycles. The van der Waals surface area contributed by atoms with Crippen LogP contribution >= 0.6 is 0 Å². The van der Waals surface area contributed by atoms with E-state index in [2.05, 4.69) is 10.2 Å². The van der Waals surface area contributed by atoms with E-state index in [0.29, 0.717) is 18.9 Å². The molecule has 1 aliphatic rings. The van der Waals surface area contributed by atoms with Crippen LogP contribution < -0.4 is 11.1 Å². The molecule has 1 fully saturated rings. The van der Waals surface area contributed by atoms with Gasteiger partial charge in [0.2, 0.25) is 11.8 Å². The molecule has 1 atom stereocenters. The molecule has 0 aromatic rings. The predicted molar refractivity (Wildman–Crippen MR) is 66.3 cm³/mol. The lowest BCUT2D eigenvalue weighted by Gasteiger charge is -2.20. The first-order valence-electron chi connectivity index (χ1n) is 6.30. The van der Waals surface area contributed by atoms with Crippen molar-refractivity contribution < 1.29 is 9.59 Å². The maximum absolute atomic E-state index is 11.7. The molecule has 0 aromatic carbocycles. The molecule has 1 rings (SSSR count). The fourth-order valence-electron chi connectivity index (χ4n) is 2.10. The van der Waals surface area contributed by atoms with E-state index in [0.717, 1.165) is 25.9 Å². The largest absolute Gasteiger partial charge is 0.368 e. The molecule has 17 heavy (non-hydrogen) atoms. The topological polar surface area (TPSA) is 75.4 Å². The highest BCUT2D eigenvalue weighted by Gasteiger charge is 2.21. The van der Waals surface area contributed by atoms with Gasteiger partial charge in [-0.15, -0.1) is 0 Å². The summed E-state index contributed by atoms with van der Waals surface area (Å²) >= 11 is 0. The molecule has 1 heterocycles. The van der Waals surface area contributed by atoms with E-state index in [4.69, 9.17) is 5.73 Å². The number of carbonyl (C=O) groups is 2. The van der Waals surface area contributed by atoms with Gasteiger partial charge in [-0.25, -0.2) is 0 Å². The Morgan fingerprint density at radius 2 is 1.88 bits per heavy atom. The molecular formula is C12H23N3O2. The first-order valence-corrected chi connectivity index (χ1v) is 6.30. The van der Waals surface area contributed by atoms with E-state index in [-0.39, 0.29) is 5.91 Å². The number of nitrogens with two attached hydrogens (primary N) is 1. The van der Waals surface area contributed by atoms with Crippen LogP contribution in [-0.2, 0) is 9.59 Å². The third kappa shape index (κ3) is 5.17. The van der Waals surface area contributed by atoms with Crippen LogP contribution in [0.1, 0.15) is 33.1 Å². The first kappa shape index (κ1) is 14.0. The smallest absolute Gasteiger partial charge is 0.240 e. The zero-order valence-electron chi connectivity index (χ0n) is 10.7. The summed E-state index contributed by atoms with van der Waals surface area (Å²) in [5.41, 5.74) is 5.27. The van der Waals surface area contributed by atoms with Gasteiger partial charge in [0, 0.05) is 0 Å². The summed E-state index contributed by atoms with van der Waals surface area (Å²) in [6, 6.07) is -0.537. The highest BCUT2D eigenvalue weighted by Crippen LogP contribution is 2.07. The van der Waals surface area contributed by atoms with Gasteiger partial charge >= 0.3 is 0 Å². The van der Waals surface area contributed by atoms with Crippen LogP contribution in [0, 0.1) is 5.92 Å². The van der Waals surface area contributed by atoms with Crippen molar-refractivity contribution in [2.75, 3.05) is 19.6 Å². The minimum atomic E-state index is -0.537. The van der Waals surface area contributed by atoms with Gasteiger partial charge in [-0.1, -0.05) is 13.8 Å². The van der Waals surface area contributed by atoms with Gasteiger partial charge < -0.3 is 11.1 Å². The molecular weight excluding hydrogens is 218 g/mol. The fraction of sp³-hybridized carbons (Fsp3) is 0.833. The van der Waals surface area contributed by atoms with Crippen LogP contribution in [0.3, 0.4) is 0 Å². The second-order valence-corrected chi connectivity index (χ2v) is 5.14. The van der Waals surface area contributed by atoms with Gasteiger partial charge in [0.25, 0.3) is 0 Å². The third-order valence-corrected chi connectivity index (χ3v) is 2.95. The van der Waals surface area contributed by atoms with E-state index in [1.807, 2.05) is 13.8 Å². The maximum atomic E-state index is 11.7. The number of rotatable bonds is 6. The Morgan fingerprint density at radius 1 is 1.29 bits per heavy atom. The van der Waals surface area contributed by atoms with Gasteiger partial charge in [0.15, 0.2) is 0 Å². The Hall–Kier alpha value is -1.10. The number of primary amides is 1. The third-order valence-electron chi connectivity index (χ3n) is 2.95. The lowest BCUT2D eigenvalue weighted by molar-refractivity contribution is -0.128. The van der Waals surface area contributed by atoms with Gasteiger partial charge in [-0.2, -0.15) is 0 Å². The Balaban J connectivity index is 2.37. The molecule has 3 N–H and O–H groups in total. The summed E-state index contributed by atoms with van der Waals surface area (Å²) in [7, 11) is 0. The fourth-order valence-corrected chi connectivity index (χ4v) is 2.10. The number of hydrogen-bond donors (Lipinski definition) is 2. The summed E-state index contributed by atoms with van der Waals surface area (Å²) in [6.07, 6.45) is 2.90. The molecule has 0 bridgehead atoms.